The van der Waals surface area contributed by atoms with E-state index in [-0.39, 0.29) is 23.1 Å². The van der Waals surface area contributed by atoms with Crippen molar-refractivity contribution < 1.29 is 14.3 Å². The molecule has 1 spiro atoms. The molecule has 5 nitrogen and oxygen atoms in total. The van der Waals surface area contributed by atoms with Gasteiger partial charge in [-0.25, -0.2) is 0 Å². The molecule has 0 N–H and O–H groups in total. The molecule has 2 fully saturated rings. The van der Waals surface area contributed by atoms with Crippen LogP contribution in [0.4, 0.5) is 0 Å². The maximum Gasteiger partial charge on any atom is 0.230 e. The van der Waals surface area contributed by atoms with Crippen molar-refractivity contribution in [1.82, 2.24) is 9.80 Å². The first-order valence-electron chi connectivity index (χ1n) is 9.69. The molecule has 2 amide bonds. The zero-order chi connectivity index (χ0) is 18.6. The lowest BCUT2D eigenvalue weighted by molar-refractivity contribution is -0.144. The molecule has 2 aliphatic rings. The molecular weight excluding hydrogens is 328 g/mol. The van der Waals surface area contributed by atoms with Crippen LogP contribution in [0.1, 0.15) is 44.1 Å². The van der Waals surface area contributed by atoms with E-state index < -0.39 is 0 Å². The van der Waals surface area contributed by atoms with Crippen molar-refractivity contribution in [3.05, 3.63) is 35.9 Å². The van der Waals surface area contributed by atoms with Crippen molar-refractivity contribution in [2.24, 2.45) is 5.41 Å². The molecule has 0 saturated carbocycles. The molecule has 0 aromatic heterocycles. The Morgan fingerprint density at radius 3 is 2.54 bits per heavy atom. The first-order chi connectivity index (χ1) is 12.6. The van der Waals surface area contributed by atoms with Crippen LogP contribution >= 0.6 is 0 Å². The average molecular weight is 358 g/mol. The Bertz CT molecular complexity index is 623. The molecule has 0 radical (unpaired) electrons. The number of methoxy groups -OCH3 is 1. The van der Waals surface area contributed by atoms with Gasteiger partial charge < -0.3 is 14.5 Å². The van der Waals surface area contributed by atoms with Crippen molar-refractivity contribution in [3.8, 4) is 0 Å². The van der Waals surface area contributed by atoms with E-state index in [0.717, 1.165) is 51.0 Å². The Morgan fingerprint density at radius 2 is 1.92 bits per heavy atom. The molecule has 2 aliphatic heterocycles. The van der Waals surface area contributed by atoms with Crippen LogP contribution in [0.3, 0.4) is 0 Å². The van der Waals surface area contributed by atoms with Crippen molar-refractivity contribution in [2.45, 2.75) is 38.5 Å². The van der Waals surface area contributed by atoms with Gasteiger partial charge in [0.2, 0.25) is 11.8 Å². The van der Waals surface area contributed by atoms with E-state index in [1.807, 2.05) is 28.0 Å². The summed E-state index contributed by atoms with van der Waals surface area (Å²) in [5.41, 5.74) is 1.25. The summed E-state index contributed by atoms with van der Waals surface area (Å²) in [6, 6.07) is 10.2. The Kier molecular flexibility index (Phi) is 5.97. The average Bonchev–Trinajstić information content (AvgIpc) is 2.69. The van der Waals surface area contributed by atoms with E-state index in [2.05, 4.69) is 19.1 Å². The minimum atomic E-state index is -0.0550. The van der Waals surface area contributed by atoms with Gasteiger partial charge in [-0.2, -0.15) is 0 Å². The lowest BCUT2D eigenvalue weighted by Gasteiger charge is -2.49. The van der Waals surface area contributed by atoms with Crippen LogP contribution in [0, 0.1) is 5.41 Å². The second-order valence-electron chi connectivity index (χ2n) is 7.64. The number of likely N-dealkylation sites (tertiary alicyclic amines) is 2. The van der Waals surface area contributed by atoms with Gasteiger partial charge >= 0.3 is 0 Å². The molecule has 2 saturated heterocycles. The Labute approximate surface area is 156 Å². The lowest BCUT2D eigenvalue weighted by atomic mass is 9.67. The van der Waals surface area contributed by atoms with Crippen LogP contribution in [0.5, 0.6) is 0 Å². The monoisotopic (exact) mass is 358 g/mol. The predicted octanol–water partition coefficient (Wildman–Crippen LogP) is 2.67. The highest BCUT2D eigenvalue weighted by molar-refractivity contribution is 5.85. The summed E-state index contributed by atoms with van der Waals surface area (Å²) in [5.74, 6) is 0.379. The molecule has 26 heavy (non-hydrogen) atoms. The molecule has 5 heteroatoms. The summed E-state index contributed by atoms with van der Waals surface area (Å²) in [4.78, 5) is 29.2. The smallest absolute Gasteiger partial charge is 0.230 e. The van der Waals surface area contributed by atoms with E-state index in [0.29, 0.717) is 13.0 Å². The van der Waals surface area contributed by atoms with Gasteiger partial charge in [0.05, 0.1) is 18.9 Å². The highest BCUT2D eigenvalue weighted by Gasteiger charge is 2.46. The number of benzene rings is 1. The number of carbonyl (C=O) groups excluding carboxylic acids is 2. The van der Waals surface area contributed by atoms with Crippen LogP contribution in [0.2, 0.25) is 0 Å². The first kappa shape index (κ1) is 18.9. The van der Waals surface area contributed by atoms with E-state index in [1.54, 1.807) is 7.11 Å². The molecule has 2 heterocycles. The summed E-state index contributed by atoms with van der Waals surface area (Å²) in [5, 5.41) is 0. The maximum absolute atomic E-state index is 12.9. The molecule has 0 unspecified atom stereocenters. The number of piperidine rings is 2. The van der Waals surface area contributed by atoms with Gasteiger partial charge in [0, 0.05) is 33.3 Å². The van der Waals surface area contributed by atoms with E-state index in [1.165, 1.54) is 0 Å². The topological polar surface area (TPSA) is 49.9 Å². The molecule has 0 bridgehead atoms. The lowest BCUT2D eigenvalue weighted by Crippen LogP contribution is -2.54. The molecule has 1 aromatic carbocycles. The predicted molar refractivity (Wildman–Crippen MR) is 101 cm³/mol. The fraction of sp³-hybridized carbons (Fsp3) is 0.619. The Balaban J connectivity index is 1.72. The number of hydrogen-bond acceptors (Lipinski definition) is 3. The van der Waals surface area contributed by atoms with Gasteiger partial charge in [-0.15, -0.1) is 0 Å². The van der Waals surface area contributed by atoms with E-state index in [4.69, 9.17) is 4.74 Å². The van der Waals surface area contributed by atoms with Gasteiger partial charge in [-0.1, -0.05) is 30.3 Å². The molecular formula is C21H30N2O3. The summed E-state index contributed by atoms with van der Waals surface area (Å²) in [7, 11) is 1.63. The maximum atomic E-state index is 12.9. The van der Waals surface area contributed by atoms with Gasteiger partial charge in [-0.3, -0.25) is 9.59 Å². The fourth-order valence-electron chi connectivity index (χ4n) is 4.44. The van der Waals surface area contributed by atoms with Crippen LogP contribution in [-0.4, -0.2) is 61.5 Å². The van der Waals surface area contributed by atoms with Crippen LogP contribution in [0.25, 0.3) is 0 Å². The number of hydrogen-bond donors (Lipinski definition) is 0. The number of carbonyl (C=O) groups is 2. The summed E-state index contributed by atoms with van der Waals surface area (Å²) in [6.45, 7) is 5.69. The highest BCUT2D eigenvalue weighted by atomic mass is 16.5. The summed E-state index contributed by atoms with van der Waals surface area (Å²) >= 11 is 0. The Morgan fingerprint density at radius 1 is 1.23 bits per heavy atom. The second kappa shape index (κ2) is 8.21. The number of likely N-dealkylation sites (N-methyl/N-ethyl adjacent to an activating group) is 1. The van der Waals surface area contributed by atoms with E-state index >= 15 is 0 Å². The van der Waals surface area contributed by atoms with E-state index in [9.17, 15) is 9.59 Å². The molecule has 1 aromatic rings. The fourth-order valence-corrected chi connectivity index (χ4v) is 4.44. The third-order valence-electron chi connectivity index (χ3n) is 6.05. The zero-order valence-corrected chi connectivity index (χ0v) is 15.9. The molecule has 1 atom stereocenters. The number of rotatable bonds is 5. The quantitative estimate of drug-likeness (QED) is 0.813. The van der Waals surface area contributed by atoms with Crippen molar-refractivity contribution in [1.29, 1.82) is 0 Å². The molecule has 0 aliphatic carbocycles. The van der Waals surface area contributed by atoms with Gasteiger partial charge in [-0.05, 0) is 37.2 Å². The standard InChI is InChI=1S/C21H30N2O3/c1-3-22-16-21(10-12-23(13-11-21)19(24)9-14-26-2)15-18(20(22)25)17-7-5-4-6-8-17/h4-8,18H,3,9-16H2,1-2H3/t18-/m0/s1. The first-order valence-corrected chi connectivity index (χ1v) is 9.69. The normalized spacial score (nSPS) is 22.7. The third kappa shape index (κ3) is 3.93. The highest BCUT2D eigenvalue weighted by Crippen LogP contribution is 2.45. The number of nitrogens with zero attached hydrogens (tertiary/aromatic N) is 2. The number of amides is 2. The zero-order valence-electron chi connectivity index (χ0n) is 15.9. The minimum absolute atomic E-state index is 0.0550. The minimum Gasteiger partial charge on any atom is -0.384 e. The number of ether oxygens (including phenoxy) is 1. The van der Waals surface area contributed by atoms with Crippen LogP contribution in [0.15, 0.2) is 30.3 Å². The molecule has 3 rings (SSSR count). The Hall–Kier alpha value is -1.88. The van der Waals surface area contributed by atoms with Gasteiger partial charge in [0.1, 0.15) is 0 Å². The van der Waals surface area contributed by atoms with Crippen LogP contribution < -0.4 is 0 Å². The largest absolute Gasteiger partial charge is 0.384 e. The summed E-state index contributed by atoms with van der Waals surface area (Å²) in [6.07, 6.45) is 3.29. The van der Waals surface area contributed by atoms with Gasteiger partial charge in [0.25, 0.3) is 0 Å². The summed E-state index contributed by atoms with van der Waals surface area (Å²) < 4.78 is 5.02. The SMILES string of the molecule is CCN1CC2(CCN(C(=O)CCOC)CC2)C[C@@H](c2ccccc2)C1=O. The van der Waals surface area contributed by atoms with Gasteiger partial charge in [0.15, 0.2) is 0 Å². The van der Waals surface area contributed by atoms with Crippen LogP contribution in [-0.2, 0) is 14.3 Å². The molecule has 142 valence electrons. The van der Waals surface area contributed by atoms with Crippen molar-refractivity contribution >= 4 is 11.8 Å². The van der Waals surface area contributed by atoms with Crippen molar-refractivity contribution in [3.63, 3.8) is 0 Å². The third-order valence-corrected chi connectivity index (χ3v) is 6.05. The van der Waals surface area contributed by atoms with Crippen molar-refractivity contribution in [2.75, 3.05) is 39.9 Å². The second-order valence-corrected chi connectivity index (χ2v) is 7.64.